The Morgan fingerprint density at radius 3 is 2.61 bits per heavy atom. The summed E-state index contributed by atoms with van der Waals surface area (Å²) in [7, 11) is -2.93. The molecule has 1 heterocycles. The normalized spacial score (nSPS) is 27.9. The lowest BCUT2D eigenvalue weighted by Gasteiger charge is -2.24. The third-order valence-electron chi connectivity index (χ3n) is 3.31. The summed E-state index contributed by atoms with van der Waals surface area (Å²) < 4.78 is 22.8. The van der Waals surface area contributed by atoms with Gasteiger partial charge in [0.05, 0.1) is 18.1 Å². The summed E-state index contributed by atoms with van der Waals surface area (Å²) in [6.45, 7) is 6.09. The van der Waals surface area contributed by atoms with E-state index in [9.17, 15) is 13.2 Å². The van der Waals surface area contributed by atoms with Gasteiger partial charge < -0.3 is 10.6 Å². The zero-order valence-corrected chi connectivity index (χ0v) is 12.3. The van der Waals surface area contributed by atoms with E-state index in [1.165, 1.54) is 0 Å². The number of rotatable bonds is 6. The number of hydrogen-bond acceptors (Lipinski definition) is 4. The predicted octanol–water partition coefficient (Wildman–Crippen LogP) is 0.458. The van der Waals surface area contributed by atoms with Crippen LogP contribution in [-0.2, 0) is 14.6 Å². The van der Waals surface area contributed by atoms with Crippen molar-refractivity contribution in [2.75, 3.05) is 18.1 Å². The first-order valence-corrected chi connectivity index (χ1v) is 8.33. The van der Waals surface area contributed by atoms with E-state index in [2.05, 4.69) is 17.6 Å². The fourth-order valence-corrected chi connectivity index (χ4v) is 4.40. The lowest BCUT2D eigenvalue weighted by Crippen LogP contribution is -2.49. The first-order valence-electron chi connectivity index (χ1n) is 6.51. The van der Waals surface area contributed by atoms with Gasteiger partial charge in [0.1, 0.15) is 0 Å². The highest BCUT2D eigenvalue weighted by atomic mass is 32.2. The molecule has 6 heteroatoms. The largest absolute Gasteiger partial charge is 0.353 e. The van der Waals surface area contributed by atoms with E-state index in [1.54, 1.807) is 0 Å². The Bertz CT molecular complexity index is 394. The second-order valence-corrected chi connectivity index (χ2v) is 7.70. The Morgan fingerprint density at radius 1 is 1.44 bits per heavy atom. The molecule has 1 fully saturated rings. The lowest BCUT2D eigenvalue weighted by atomic mass is 10.0. The standard InChI is InChI=1S/C12H24N2O3S/c1-4-5-10(2)14-11(15)8-13-12(3)6-7-18(16,17)9-12/h10,13H,4-9H2,1-3H3,(H,14,15). The summed E-state index contributed by atoms with van der Waals surface area (Å²) in [6.07, 6.45) is 2.56. The fraction of sp³-hybridized carbons (Fsp3) is 0.917. The van der Waals surface area contributed by atoms with Crippen molar-refractivity contribution in [1.29, 1.82) is 0 Å². The SMILES string of the molecule is CCCC(C)NC(=O)CNC1(C)CCS(=O)(=O)C1. The zero-order valence-electron chi connectivity index (χ0n) is 11.5. The summed E-state index contributed by atoms with van der Waals surface area (Å²) in [6, 6.07) is 0.171. The highest BCUT2D eigenvalue weighted by Crippen LogP contribution is 2.22. The fourth-order valence-electron chi connectivity index (χ4n) is 2.27. The van der Waals surface area contributed by atoms with Gasteiger partial charge in [-0.15, -0.1) is 0 Å². The van der Waals surface area contributed by atoms with Crippen LogP contribution in [0.1, 0.15) is 40.0 Å². The molecule has 0 aromatic heterocycles. The van der Waals surface area contributed by atoms with Crippen molar-refractivity contribution >= 4 is 15.7 Å². The van der Waals surface area contributed by atoms with Crippen LogP contribution < -0.4 is 10.6 Å². The monoisotopic (exact) mass is 276 g/mol. The van der Waals surface area contributed by atoms with Gasteiger partial charge in [-0.1, -0.05) is 13.3 Å². The van der Waals surface area contributed by atoms with Crippen LogP contribution in [0.3, 0.4) is 0 Å². The third kappa shape index (κ3) is 4.94. The summed E-state index contributed by atoms with van der Waals surface area (Å²) in [5, 5.41) is 5.96. The minimum atomic E-state index is -2.93. The minimum Gasteiger partial charge on any atom is -0.353 e. The Kier molecular flexibility index (Phi) is 5.16. The first-order chi connectivity index (χ1) is 8.26. The molecular weight excluding hydrogens is 252 g/mol. The molecular formula is C12H24N2O3S. The van der Waals surface area contributed by atoms with E-state index < -0.39 is 15.4 Å². The molecule has 0 spiro atoms. The van der Waals surface area contributed by atoms with Crippen molar-refractivity contribution in [1.82, 2.24) is 10.6 Å². The van der Waals surface area contributed by atoms with Gasteiger partial charge in [0.15, 0.2) is 9.84 Å². The van der Waals surface area contributed by atoms with Crippen LogP contribution in [0.4, 0.5) is 0 Å². The molecule has 1 amide bonds. The number of sulfone groups is 1. The Balaban J connectivity index is 2.35. The lowest BCUT2D eigenvalue weighted by molar-refractivity contribution is -0.121. The molecule has 1 aliphatic rings. The average molecular weight is 276 g/mol. The molecule has 2 atom stereocenters. The zero-order chi connectivity index (χ0) is 13.8. The number of hydrogen-bond donors (Lipinski definition) is 2. The quantitative estimate of drug-likeness (QED) is 0.739. The van der Waals surface area contributed by atoms with Crippen LogP contribution in [0.15, 0.2) is 0 Å². The molecule has 0 aromatic rings. The van der Waals surface area contributed by atoms with E-state index in [0.717, 1.165) is 12.8 Å². The summed E-state index contributed by atoms with van der Waals surface area (Å²) in [5.41, 5.74) is -0.454. The van der Waals surface area contributed by atoms with Crippen LogP contribution in [0, 0.1) is 0 Å². The number of amides is 1. The van der Waals surface area contributed by atoms with Gasteiger partial charge in [-0.3, -0.25) is 4.79 Å². The summed E-state index contributed by atoms with van der Waals surface area (Å²) >= 11 is 0. The van der Waals surface area contributed by atoms with Gasteiger partial charge in [-0.2, -0.15) is 0 Å². The molecule has 5 nitrogen and oxygen atoms in total. The molecule has 1 rings (SSSR count). The average Bonchev–Trinajstić information content (AvgIpc) is 2.51. The molecule has 1 saturated heterocycles. The molecule has 0 bridgehead atoms. The highest BCUT2D eigenvalue weighted by molar-refractivity contribution is 7.91. The summed E-state index contributed by atoms with van der Waals surface area (Å²) in [4.78, 5) is 11.7. The minimum absolute atomic E-state index is 0.0681. The molecule has 0 saturated carbocycles. The van der Waals surface area contributed by atoms with E-state index in [4.69, 9.17) is 0 Å². The van der Waals surface area contributed by atoms with Crippen molar-refractivity contribution in [3.05, 3.63) is 0 Å². The maximum Gasteiger partial charge on any atom is 0.234 e. The maximum atomic E-state index is 11.7. The molecule has 0 radical (unpaired) electrons. The van der Waals surface area contributed by atoms with Gasteiger partial charge >= 0.3 is 0 Å². The molecule has 18 heavy (non-hydrogen) atoms. The van der Waals surface area contributed by atoms with Crippen molar-refractivity contribution in [3.63, 3.8) is 0 Å². The van der Waals surface area contributed by atoms with Crippen LogP contribution in [0.25, 0.3) is 0 Å². The second kappa shape index (κ2) is 6.02. The number of nitrogens with one attached hydrogen (secondary N) is 2. The molecule has 0 aromatic carbocycles. The van der Waals surface area contributed by atoms with Crippen LogP contribution in [-0.4, -0.2) is 44.0 Å². The van der Waals surface area contributed by atoms with Crippen LogP contribution in [0.2, 0.25) is 0 Å². The predicted molar refractivity (Wildman–Crippen MR) is 72.2 cm³/mol. The van der Waals surface area contributed by atoms with Crippen molar-refractivity contribution in [2.24, 2.45) is 0 Å². The number of carbonyl (C=O) groups is 1. The molecule has 1 aliphatic heterocycles. The molecule has 106 valence electrons. The molecule has 2 N–H and O–H groups in total. The third-order valence-corrected chi connectivity index (χ3v) is 5.21. The Morgan fingerprint density at radius 2 is 2.11 bits per heavy atom. The van der Waals surface area contributed by atoms with Gasteiger partial charge in [-0.25, -0.2) is 8.42 Å². The van der Waals surface area contributed by atoms with Gasteiger partial charge in [-0.05, 0) is 26.7 Å². The van der Waals surface area contributed by atoms with E-state index in [-0.39, 0.29) is 30.0 Å². The summed E-state index contributed by atoms with van der Waals surface area (Å²) in [5.74, 6) is 0.267. The highest BCUT2D eigenvalue weighted by Gasteiger charge is 2.38. The smallest absolute Gasteiger partial charge is 0.234 e. The van der Waals surface area contributed by atoms with Crippen LogP contribution >= 0.6 is 0 Å². The van der Waals surface area contributed by atoms with Crippen LogP contribution in [0.5, 0.6) is 0 Å². The van der Waals surface area contributed by atoms with Crippen molar-refractivity contribution in [3.8, 4) is 0 Å². The van der Waals surface area contributed by atoms with E-state index >= 15 is 0 Å². The topological polar surface area (TPSA) is 75.3 Å². The number of carbonyl (C=O) groups excluding carboxylic acids is 1. The molecule has 2 unspecified atom stereocenters. The second-order valence-electron chi connectivity index (χ2n) is 5.51. The maximum absolute atomic E-state index is 11.7. The molecule has 0 aliphatic carbocycles. The first kappa shape index (κ1) is 15.4. The van der Waals surface area contributed by atoms with Gasteiger partial charge in [0.25, 0.3) is 0 Å². The van der Waals surface area contributed by atoms with E-state index in [0.29, 0.717) is 6.42 Å². The van der Waals surface area contributed by atoms with Crippen molar-refractivity contribution < 1.29 is 13.2 Å². The Labute approximate surface area is 110 Å². The Hall–Kier alpha value is -0.620. The van der Waals surface area contributed by atoms with Gasteiger partial charge in [0, 0.05) is 11.6 Å². The van der Waals surface area contributed by atoms with Gasteiger partial charge in [0.2, 0.25) is 5.91 Å². The van der Waals surface area contributed by atoms with E-state index in [1.807, 2.05) is 13.8 Å². The van der Waals surface area contributed by atoms with Crippen molar-refractivity contribution in [2.45, 2.75) is 51.6 Å².